The summed E-state index contributed by atoms with van der Waals surface area (Å²) in [6.45, 7) is 4.41. The number of fused-ring (bicyclic) bond motifs is 1. The molecule has 0 radical (unpaired) electrons. The van der Waals surface area contributed by atoms with Crippen LogP contribution in [0.15, 0.2) is 42.6 Å². The predicted octanol–water partition coefficient (Wildman–Crippen LogP) is -0.962. The molecular weight excluding hydrogens is 349 g/mol. The molecule has 0 saturated carbocycles. The fraction of sp³-hybridized carbons (Fsp3) is 0.267. The number of quaternary nitrogens is 1. The molecular formula is C15H18IN3. The minimum atomic E-state index is 0. The van der Waals surface area contributed by atoms with Crippen LogP contribution in [0.4, 0.5) is 17.2 Å². The Morgan fingerprint density at radius 2 is 1.79 bits per heavy atom. The van der Waals surface area contributed by atoms with Crippen LogP contribution in [0.1, 0.15) is 12.5 Å². The molecule has 100 valence electrons. The maximum atomic E-state index is 4.50. The third-order valence-corrected chi connectivity index (χ3v) is 3.84. The molecule has 19 heavy (non-hydrogen) atoms. The first-order valence-electron chi connectivity index (χ1n) is 6.31. The van der Waals surface area contributed by atoms with E-state index in [1.807, 2.05) is 12.3 Å². The van der Waals surface area contributed by atoms with E-state index in [4.69, 9.17) is 0 Å². The van der Waals surface area contributed by atoms with E-state index in [1.165, 1.54) is 21.8 Å². The van der Waals surface area contributed by atoms with Gasteiger partial charge in [-0.3, -0.25) is 0 Å². The summed E-state index contributed by atoms with van der Waals surface area (Å²) in [6, 6.07) is 12.8. The zero-order chi connectivity index (χ0) is 12.7. The fourth-order valence-corrected chi connectivity index (χ4v) is 2.74. The van der Waals surface area contributed by atoms with Gasteiger partial charge in [0.1, 0.15) is 5.69 Å². The quantitative estimate of drug-likeness (QED) is 0.656. The number of nitrogens with zero attached hydrogens (tertiary/aromatic N) is 2. The molecule has 3 nitrogen and oxygen atoms in total. The largest absolute Gasteiger partial charge is 1.00 e. The number of nitrogens with one attached hydrogen (secondary N) is 1. The van der Waals surface area contributed by atoms with Crippen LogP contribution < -0.4 is 33.8 Å². The van der Waals surface area contributed by atoms with E-state index in [2.05, 4.69) is 61.1 Å². The molecule has 1 aliphatic heterocycles. The summed E-state index contributed by atoms with van der Waals surface area (Å²) >= 11 is 0. The summed E-state index contributed by atoms with van der Waals surface area (Å²) in [4.78, 5) is 8.14. The van der Waals surface area contributed by atoms with E-state index >= 15 is 0 Å². The number of pyridine rings is 1. The summed E-state index contributed by atoms with van der Waals surface area (Å²) < 4.78 is 0. The molecule has 2 aromatic rings. The van der Waals surface area contributed by atoms with Crippen LogP contribution in [0, 0.1) is 6.92 Å². The Labute approximate surface area is 131 Å². The lowest BCUT2D eigenvalue weighted by atomic mass is 10.1. The van der Waals surface area contributed by atoms with Gasteiger partial charge in [-0.1, -0.05) is 18.2 Å². The van der Waals surface area contributed by atoms with Crippen molar-refractivity contribution < 1.29 is 28.9 Å². The van der Waals surface area contributed by atoms with Gasteiger partial charge in [0.15, 0.2) is 17.7 Å². The number of benzene rings is 1. The van der Waals surface area contributed by atoms with Gasteiger partial charge in [-0.2, -0.15) is 0 Å². The maximum absolute atomic E-state index is 4.50. The highest BCUT2D eigenvalue weighted by molar-refractivity contribution is 5.62. The monoisotopic (exact) mass is 367 g/mol. The highest BCUT2D eigenvalue weighted by atomic mass is 127. The van der Waals surface area contributed by atoms with Gasteiger partial charge in [0.2, 0.25) is 0 Å². The Kier molecular flexibility index (Phi) is 4.10. The maximum Gasteiger partial charge on any atom is 0.195 e. The van der Waals surface area contributed by atoms with Crippen LogP contribution in [-0.4, -0.2) is 18.2 Å². The van der Waals surface area contributed by atoms with Crippen LogP contribution in [0.5, 0.6) is 0 Å². The lowest BCUT2D eigenvalue weighted by Gasteiger charge is -2.22. The van der Waals surface area contributed by atoms with Crippen molar-refractivity contribution in [1.29, 1.82) is 0 Å². The number of hydrogen-bond acceptors (Lipinski definition) is 2. The van der Waals surface area contributed by atoms with Gasteiger partial charge in [-0.25, -0.2) is 9.88 Å². The molecule has 0 bridgehead atoms. The normalized spacial score (nSPS) is 20.9. The molecule has 1 aromatic heterocycles. The number of rotatable bonds is 1. The van der Waals surface area contributed by atoms with Crippen LogP contribution >= 0.6 is 0 Å². The molecule has 2 atom stereocenters. The molecule has 4 heteroatoms. The molecule has 0 aliphatic carbocycles. The molecule has 0 spiro atoms. The second-order valence-corrected chi connectivity index (χ2v) is 4.89. The number of para-hydroxylation sites is 1. The third kappa shape index (κ3) is 2.23. The highest BCUT2D eigenvalue weighted by Crippen LogP contribution is 2.28. The van der Waals surface area contributed by atoms with Crippen LogP contribution in [0.2, 0.25) is 0 Å². The lowest BCUT2D eigenvalue weighted by Crippen LogP contribution is -3.06. The minimum Gasteiger partial charge on any atom is -1.00 e. The van der Waals surface area contributed by atoms with E-state index in [0.29, 0.717) is 6.17 Å². The van der Waals surface area contributed by atoms with E-state index in [-0.39, 0.29) is 24.0 Å². The highest BCUT2D eigenvalue weighted by Gasteiger charge is 2.38. The van der Waals surface area contributed by atoms with Gasteiger partial charge in [-0.15, -0.1) is 0 Å². The average Bonchev–Trinajstić information content (AvgIpc) is 2.64. The van der Waals surface area contributed by atoms with E-state index < -0.39 is 0 Å². The van der Waals surface area contributed by atoms with Crippen LogP contribution in [0.25, 0.3) is 0 Å². The summed E-state index contributed by atoms with van der Waals surface area (Å²) in [6.07, 6.45) is 2.24. The van der Waals surface area contributed by atoms with Crippen molar-refractivity contribution in [2.24, 2.45) is 0 Å². The van der Waals surface area contributed by atoms with Gasteiger partial charge in [0.25, 0.3) is 0 Å². The minimum absolute atomic E-state index is 0. The second kappa shape index (κ2) is 5.46. The zero-order valence-corrected chi connectivity index (χ0v) is 13.5. The molecule has 2 heterocycles. The van der Waals surface area contributed by atoms with Crippen molar-refractivity contribution in [1.82, 2.24) is 4.98 Å². The Morgan fingerprint density at radius 3 is 2.53 bits per heavy atom. The number of halogens is 1. The van der Waals surface area contributed by atoms with Crippen molar-refractivity contribution in [3.8, 4) is 0 Å². The van der Waals surface area contributed by atoms with Gasteiger partial charge in [0.05, 0.1) is 0 Å². The molecule has 1 N–H and O–H groups in total. The third-order valence-electron chi connectivity index (χ3n) is 3.84. The van der Waals surface area contributed by atoms with Crippen molar-refractivity contribution in [3.05, 3.63) is 48.2 Å². The standard InChI is InChI=1S/C15H17N3.HI/c1-11-7-4-5-8-13(11)18-12(2)17(3)15-14(18)9-6-10-16-15;/h4-10,12H,1-3H3;1H/t12-;/m0./s1. The first kappa shape index (κ1) is 14.3. The summed E-state index contributed by atoms with van der Waals surface area (Å²) in [5.41, 5.74) is 3.93. The average molecular weight is 367 g/mol. The predicted molar refractivity (Wildman–Crippen MR) is 73.6 cm³/mol. The van der Waals surface area contributed by atoms with E-state index in [9.17, 15) is 0 Å². The molecule has 0 saturated heterocycles. The Balaban J connectivity index is 0.00000133. The number of anilines is 1. The zero-order valence-electron chi connectivity index (χ0n) is 11.4. The molecule has 3 rings (SSSR count). The van der Waals surface area contributed by atoms with Crippen molar-refractivity contribution in [3.63, 3.8) is 0 Å². The molecule has 0 amide bonds. The summed E-state index contributed by atoms with van der Waals surface area (Å²) in [7, 11) is 2.11. The van der Waals surface area contributed by atoms with E-state index in [1.54, 1.807) is 0 Å². The lowest BCUT2D eigenvalue weighted by molar-refractivity contribution is -0.780. The smallest absolute Gasteiger partial charge is 0.195 e. The van der Waals surface area contributed by atoms with Crippen molar-refractivity contribution >= 4 is 17.2 Å². The summed E-state index contributed by atoms with van der Waals surface area (Å²) in [5.74, 6) is 1.09. The Hall–Kier alpha value is -1.14. The number of aromatic nitrogens is 1. The second-order valence-electron chi connectivity index (χ2n) is 4.89. The first-order valence-corrected chi connectivity index (χ1v) is 6.31. The molecule has 1 aliphatic rings. The summed E-state index contributed by atoms with van der Waals surface area (Å²) in [5, 5.41) is 0. The van der Waals surface area contributed by atoms with E-state index in [0.717, 1.165) is 5.82 Å². The van der Waals surface area contributed by atoms with Gasteiger partial charge >= 0.3 is 0 Å². The van der Waals surface area contributed by atoms with Crippen molar-refractivity contribution in [2.45, 2.75) is 20.0 Å². The van der Waals surface area contributed by atoms with Gasteiger partial charge < -0.3 is 28.9 Å². The first-order chi connectivity index (χ1) is 8.70. The van der Waals surface area contributed by atoms with Gasteiger partial charge in [0, 0.05) is 31.8 Å². The Bertz CT molecular complexity index is 585. The molecule has 0 fully saturated rings. The fourth-order valence-electron chi connectivity index (χ4n) is 2.74. The van der Waals surface area contributed by atoms with Crippen LogP contribution in [0.3, 0.4) is 0 Å². The Morgan fingerprint density at radius 1 is 1.11 bits per heavy atom. The number of aryl methyl sites for hydroxylation is 1. The van der Waals surface area contributed by atoms with Crippen LogP contribution in [-0.2, 0) is 0 Å². The molecule has 1 unspecified atom stereocenters. The topological polar surface area (TPSA) is 20.6 Å². The van der Waals surface area contributed by atoms with Crippen molar-refractivity contribution in [2.75, 3.05) is 11.9 Å². The molecule has 1 aromatic carbocycles. The number of hydrogen-bond donors (Lipinski definition) is 1. The van der Waals surface area contributed by atoms with Gasteiger partial charge in [-0.05, 0) is 19.1 Å². The SMILES string of the molecule is Cc1ccccc1[NH+]1c2cccnc2N(C)[C@@H]1C.[I-].